The highest BCUT2D eigenvalue weighted by Crippen LogP contribution is 2.19. The van der Waals surface area contributed by atoms with Gasteiger partial charge in [0, 0.05) is 25.0 Å². The van der Waals surface area contributed by atoms with Crippen LogP contribution in [0.4, 0.5) is 0 Å². The lowest BCUT2D eigenvalue weighted by Crippen LogP contribution is -2.22. The summed E-state index contributed by atoms with van der Waals surface area (Å²) in [5.41, 5.74) is 2.15. The van der Waals surface area contributed by atoms with E-state index in [1.54, 1.807) is 10.9 Å². The number of halogens is 1. The van der Waals surface area contributed by atoms with Gasteiger partial charge in [0.2, 0.25) is 0 Å². The molecule has 0 saturated carbocycles. The van der Waals surface area contributed by atoms with E-state index in [0.717, 1.165) is 17.7 Å². The van der Waals surface area contributed by atoms with Crippen molar-refractivity contribution in [2.24, 2.45) is 0 Å². The Morgan fingerprint density at radius 3 is 2.72 bits per heavy atom. The van der Waals surface area contributed by atoms with Gasteiger partial charge in [0.1, 0.15) is 0 Å². The molecule has 2 aromatic heterocycles. The van der Waals surface area contributed by atoms with E-state index in [1.807, 2.05) is 25.4 Å². The van der Waals surface area contributed by atoms with Crippen LogP contribution in [0, 0.1) is 6.92 Å². The van der Waals surface area contributed by atoms with Gasteiger partial charge in [-0.3, -0.25) is 0 Å². The largest absolute Gasteiger partial charge is 0.310 e. The van der Waals surface area contributed by atoms with Crippen LogP contribution in [0.15, 0.2) is 24.7 Å². The Hall–Kier alpha value is -1.39. The van der Waals surface area contributed by atoms with E-state index in [4.69, 9.17) is 11.6 Å². The highest BCUT2D eigenvalue weighted by Gasteiger charge is 2.07. The molecule has 0 unspecified atom stereocenters. The Kier molecular flexibility index (Phi) is 3.99. The molecule has 4 nitrogen and oxygen atoms in total. The number of pyridine rings is 1. The summed E-state index contributed by atoms with van der Waals surface area (Å²) in [7, 11) is 0. The Morgan fingerprint density at radius 2 is 2.17 bits per heavy atom. The highest BCUT2D eigenvalue weighted by atomic mass is 35.5. The molecule has 2 aromatic rings. The van der Waals surface area contributed by atoms with E-state index in [0.29, 0.717) is 16.9 Å². The molecule has 0 bridgehead atoms. The molecular weight excluding hydrogens is 248 g/mol. The summed E-state index contributed by atoms with van der Waals surface area (Å²) < 4.78 is 1.69. The molecule has 2 rings (SSSR count). The number of nitrogens with zero attached hydrogens (tertiary/aromatic N) is 3. The van der Waals surface area contributed by atoms with Crippen molar-refractivity contribution < 1.29 is 0 Å². The topological polar surface area (TPSA) is 42.7 Å². The van der Waals surface area contributed by atoms with E-state index in [-0.39, 0.29) is 0 Å². The van der Waals surface area contributed by atoms with Gasteiger partial charge in [0.25, 0.3) is 0 Å². The van der Waals surface area contributed by atoms with Crippen LogP contribution in [-0.4, -0.2) is 20.8 Å². The Bertz CT molecular complexity index is 534. The van der Waals surface area contributed by atoms with Gasteiger partial charge in [-0.05, 0) is 24.1 Å². The van der Waals surface area contributed by atoms with Crippen molar-refractivity contribution in [2.75, 3.05) is 0 Å². The molecule has 0 aliphatic carbocycles. The minimum absolute atomic E-state index is 0.442. The lowest BCUT2D eigenvalue weighted by Gasteiger charge is -2.09. The second-order valence-electron chi connectivity index (χ2n) is 4.65. The average Bonchev–Trinajstić information content (AvgIpc) is 2.73. The summed E-state index contributed by atoms with van der Waals surface area (Å²) >= 11 is 6.24. The van der Waals surface area contributed by atoms with Crippen LogP contribution in [0.5, 0.6) is 0 Å². The normalized spacial score (nSPS) is 11.2. The molecule has 0 atom stereocenters. The van der Waals surface area contributed by atoms with Crippen LogP contribution in [0.1, 0.15) is 25.0 Å². The predicted octanol–water partition coefficient (Wildman–Crippen LogP) is 2.73. The van der Waals surface area contributed by atoms with Crippen molar-refractivity contribution in [3.05, 3.63) is 40.8 Å². The maximum Gasteiger partial charge on any atom is 0.172 e. The zero-order valence-corrected chi connectivity index (χ0v) is 11.6. The van der Waals surface area contributed by atoms with Crippen LogP contribution in [0.2, 0.25) is 5.02 Å². The van der Waals surface area contributed by atoms with Crippen LogP contribution < -0.4 is 5.32 Å². The number of aryl methyl sites for hydroxylation is 1. The fourth-order valence-electron chi connectivity index (χ4n) is 1.59. The first kappa shape index (κ1) is 13.1. The van der Waals surface area contributed by atoms with Gasteiger partial charge in [0.15, 0.2) is 5.82 Å². The molecule has 96 valence electrons. The number of aromatic nitrogens is 3. The van der Waals surface area contributed by atoms with Gasteiger partial charge in [-0.25, -0.2) is 9.67 Å². The minimum atomic E-state index is 0.442. The first-order chi connectivity index (χ1) is 8.56. The van der Waals surface area contributed by atoms with Gasteiger partial charge >= 0.3 is 0 Å². The monoisotopic (exact) mass is 264 g/mol. The van der Waals surface area contributed by atoms with Crippen LogP contribution in [-0.2, 0) is 6.54 Å². The smallest absolute Gasteiger partial charge is 0.172 e. The quantitative estimate of drug-likeness (QED) is 0.923. The SMILES string of the molecule is Cc1cnn(-c2ncc(CNC(C)C)cc2Cl)c1. The summed E-state index contributed by atoms with van der Waals surface area (Å²) in [4.78, 5) is 4.37. The number of hydrogen-bond acceptors (Lipinski definition) is 3. The van der Waals surface area contributed by atoms with Crippen molar-refractivity contribution in [3.63, 3.8) is 0 Å². The second-order valence-corrected chi connectivity index (χ2v) is 5.05. The lowest BCUT2D eigenvalue weighted by molar-refractivity contribution is 0.587. The van der Waals surface area contributed by atoms with Gasteiger partial charge in [-0.15, -0.1) is 0 Å². The second kappa shape index (κ2) is 5.50. The summed E-state index contributed by atoms with van der Waals surface area (Å²) in [5, 5.41) is 8.15. The molecule has 0 saturated heterocycles. The summed E-state index contributed by atoms with van der Waals surface area (Å²) in [6.07, 6.45) is 5.51. The van der Waals surface area contributed by atoms with Crippen LogP contribution in [0.25, 0.3) is 5.82 Å². The maximum absolute atomic E-state index is 6.24. The predicted molar refractivity (Wildman–Crippen MR) is 73.1 cm³/mol. The molecule has 5 heteroatoms. The first-order valence-corrected chi connectivity index (χ1v) is 6.33. The number of nitrogens with one attached hydrogen (secondary N) is 1. The number of hydrogen-bond donors (Lipinski definition) is 1. The Morgan fingerprint density at radius 1 is 1.39 bits per heavy atom. The Labute approximate surface area is 112 Å². The molecule has 18 heavy (non-hydrogen) atoms. The van der Waals surface area contributed by atoms with E-state index < -0.39 is 0 Å². The first-order valence-electron chi connectivity index (χ1n) is 5.95. The fourth-order valence-corrected chi connectivity index (χ4v) is 1.86. The fraction of sp³-hybridized carbons (Fsp3) is 0.385. The molecule has 0 spiro atoms. The van der Waals surface area contributed by atoms with Gasteiger partial charge < -0.3 is 5.32 Å². The van der Waals surface area contributed by atoms with Crippen molar-refractivity contribution in [1.29, 1.82) is 0 Å². The van der Waals surface area contributed by atoms with Crippen LogP contribution in [0.3, 0.4) is 0 Å². The minimum Gasteiger partial charge on any atom is -0.310 e. The zero-order valence-electron chi connectivity index (χ0n) is 10.8. The standard InChI is InChI=1S/C13H17ClN4/c1-9(2)15-6-11-4-12(14)13(16-7-11)18-8-10(3)5-17-18/h4-5,7-9,15H,6H2,1-3H3. The van der Waals surface area contributed by atoms with Crippen molar-refractivity contribution in [3.8, 4) is 5.82 Å². The third kappa shape index (κ3) is 3.09. The molecule has 0 aromatic carbocycles. The van der Waals surface area contributed by atoms with Crippen molar-refractivity contribution in [1.82, 2.24) is 20.1 Å². The molecule has 0 aliphatic rings. The van der Waals surface area contributed by atoms with Gasteiger partial charge in [0.05, 0.1) is 11.2 Å². The van der Waals surface area contributed by atoms with Crippen molar-refractivity contribution >= 4 is 11.6 Å². The van der Waals surface area contributed by atoms with Gasteiger partial charge in [-0.2, -0.15) is 5.10 Å². The van der Waals surface area contributed by atoms with E-state index in [9.17, 15) is 0 Å². The molecule has 2 heterocycles. The Balaban J connectivity index is 2.20. The zero-order chi connectivity index (χ0) is 13.1. The molecule has 0 amide bonds. The maximum atomic E-state index is 6.24. The lowest BCUT2D eigenvalue weighted by atomic mass is 10.2. The average molecular weight is 265 g/mol. The summed E-state index contributed by atoms with van der Waals surface area (Å²) in [6.45, 7) is 6.97. The third-order valence-corrected chi connectivity index (χ3v) is 2.80. The van der Waals surface area contributed by atoms with Crippen molar-refractivity contribution in [2.45, 2.75) is 33.4 Å². The molecular formula is C13H17ClN4. The third-order valence-electron chi connectivity index (χ3n) is 2.52. The van der Waals surface area contributed by atoms with Gasteiger partial charge in [-0.1, -0.05) is 25.4 Å². The molecule has 0 fully saturated rings. The number of rotatable bonds is 4. The van der Waals surface area contributed by atoms with E-state index in [1.165, 1.54) is 0 Å². The van der Waals surface area contributed by atoms with E-state index >= 15 is 0 Å². The highest BCUT2D eigenvalue weighted by molar-refractivity contribution is 6.32. The van der Waals surface area contributed by atoms with Crippen LogP contribution >= 0.6 is 11.6 Å². The summed E-state index contributed by atoms with van der Waals surface area (Å²) in [5.74, 6) is 0.665. The molecule has 0 aliphatic heterocycles. The van der Waals surface area contributed by atoms with E-state index in [2.05, 4.69) is 29.2 Å². The molecule has 0 radical (unpaired) electrons. The summed E-state index contributed by atoms with van der Waals surface area (Å²) in [6, 6.07) is 2.37. The molecule has 1 N–H and O–H groups in total.